The van der Waals surface area contributed by atoms with Gasteiger partial charge in [0, 0.05) is 10.4 Å². The fraction of sp³-hybridized carbons (Fsp3) is 0.222. The fourth-order valence-electron chi connectivity index (χ4n) is 1.88. The normalized spacial score (nSPS) is 11.0. The molecule has 0 saturated carbocycles. The number of carbonyl (C=O) groups excluding carboxylic acids is 2. The highest BCUT2D eigenvalue weighted by molar-refractivity contribution is 6.36. The van der Waals surface area contributed by atoms with E-state index in [2.05, 4.69) is 10.6 Å². The lowest BCUT2D eigenvalue weighted by Crippen LogP contribution is -2.28. The van der Waals surface area contributed by atoms with Crippen LogP contribution in [0.15, 0.2) is 42.5 Å². The number of hydrogen-bond donors (Lipinski definition) is 2. The largest absolute Gasteiger partial charge is 0.325 e. The smallest absolute Gasteiger partial charge is 0.257 e. The Morgan fingerprint density at radius 1 is 0.917 bits per heavy atom. The van der Waals surface area contributed by atoms with Gasteiger partial charge < -0.3 is 10.6 Å². The second-order valence-electron chi connectivity index (χ2n) is 6.33. The van der Waals surface area contributed by atoms with Crippen LogP contribution < -0.4 is 10.6 Å². The first kappa shape index (κ1) is 18.3. The highest BCUT2D eigenvalue weighted by atomic mass is 35.5. The van der Waals surface area contributed by atoms with Crippen LogP contribution in [-0.2, 0) is 4.79 Å². The van der Waals surface area contributed by atoms with Crippen LogP contribution in [0.5, 0.6) is 0 Å². The van der Waals surface area contributed by atoms with Gasteiger partial charge in [-0.3, -0.25) is 9.59 Å². The van der Waals surface area contributed by atoms with Crippen molar-refractivity contribution in [3.63, 3.8) is 0 Å². The number of benzene rings is 2. The third kappa shape index (κ3) is 4.49. The zero-order valence-corrected chi connectivity index (χ0v) is 15.1. The Labute approximate surface area is 151 Å². The lowest BCUT2D eigenvalue weighted by atomic mass is 9.95. The Morgan fingerprint density at radius 2 is 1.58 bits per heavy atom. The zero-order valence-electron chi connectivity index (χ0n) is 13.6. The van der Waals surface area contributed by atoms with Crippen LogP contribution in [0.25, 0.3) is 0 Å². The highest BCUT2D eigenvalue weighted by Crippen LogP contribution is 2.27. The summed E-state index contributed by atoms with van der Waals surface area (Å²) in [4.78, 5) is 24.7. The highest BCUT2D eigenvalue weighted by Gasteiger charge is 2.23. The Hall–Kier alpha value is -2.04. The van der Waals surface area contributed by atoms with Crippen LogP contribution in [0, 0.1) is 5.41 Å². The van der Waals surface area contributed by atoms with Crippen molar-refractivity contribution in [2.45, 2.75) is 20.8 Å². The molecule has 2 aromatic carbocycles. The van der Waals surface area contributed by atoms with E-state index in [-0.39, 0.29) is 11.8 Å². The molecule has 2 N–H and O–H groups in total. The first-order chi connectivity index (χ1) is 11.2. The molecule has 0 unspecified atom stereocenters. The number of halogens is 2. The molecule has 0 heterocycles. The molecule has 0 aliphatic carbocycles. The molecule has 0 bridgehead atoms. The minimum Gasteiger partial charge on any atom is -0.325 e. The van der Waals surface area contributed by atoms with Gasteiger partial charge in [0.15, 0.2) is 0 Å². The monoisotopic (exact) mass is 364 g/mol. The van der Waals surface area contributed by atoms with Crippen LogP contribution >= 0.6 is 23.2 Å². The molecule has 2 amide bonds. The number of carbonyl (C=O) groups is 2. The second-order valence-corrected chi connectivity index (χ2v) is 7.17. The molecule has 0 saturated heterocycles. The number of anilines is 2. The minimum atomic E-state index is -0.566. The van der Waals surface area contributed by atoms with Crippen LogP contribution in [0.4, 0.5) is 11.4 Å². The third-order valence-electron chi connectivity index (χ3n) is 3.28. The lowest BCUT2D eigenvalue weighted by molar-refractivity contribution is -0.123. The fourth-order valence-corrected chi connectivity index (χ4v) is 2.34. The summed E-state index contributed by atoms with van der Waals surface area (Å²) in [5.74, 6) is -0.545. The number of nitrogens with one attached hydrogen (secondary N) is 2. The van der Waals surface area contributed by atoms with E-state index in [1.165, 1.54) is 0 Å². The third-order valence-corrected chi connectivity index (χ3v) is 3.83. The Balaban J connectivity index is 2.25. The van der Waals surface area contributed by atoms with E-state index in [1.54, 1.807) is 63.2 Å². The predicted octanol–water partition coefficient (Wildman–Crippen LogP) is 5.23. The SMILES string of the molecule is CC(C)(C)C(=O)Nc1ccccc1C(=O)Nc1ccc(Cl)cc1Cl. The molecular formula is C18H18Cl2N2O2. The van der Waals surface area contributed by atoms with E-state index in [0.717, 1.165) is 0 Å². The molecule has 0 radical (unpaired) electrons. The molecule has 0 spiro atoms. The minimum absolute atomic E-state index is 0.174. The van der Waals surface area contributed by atoms with Crippen LogP contribution in [0.1, 0.15) is 31.1 Å². The van der Waals surface area contributed by atoms with Crippen molar-refractivity contribution >= 4 is 46.4 Å². The van der Waals surface area contributed by atoms with Crippen molar-refractivity contribution in [3.05, 3.63) is 58.1 Å². The summed E-state index contributed by atoms with van der Waals surface area (Å²) in [6.07, 6.45) is 0. The van der Waals surface area contributed by atoms with Gasteiger partial charge in [0.25, 0.3) is 5.91 Å². The Kier molecular flexibility index (Phi) is 5.52. The Bertz CT molecular complexity index is 783. The maximum absolute atomic E-state index is 12.5. The summed E-state index contributed by atoms with van der Waals surface area (Å²) < 4.78 is 0. The number of para-hydroxylation sites is 1. The summed E-state index contributed by atoms with van der Waals surface area (Å²) in [5, 5.41) is 6.33. The summed E-state index contributed by atoms with van der Waals surface area (Å²) in [6, 6.07) is 11.6. The van der Waals surface area contributed by atoms with E-state index in [0.29, 0.717) is 27.0 Å². The Morgan fingerprint density at radius 3 is 2.21 bits per heavy atom. The van der Waals surface area contributed by atoms with Gasteiger partial charge in [-0.05, 0) is 30.3 Å². The van der Waals surface area contributed by atoms with E-state index in [9.17, 15) is 9.59 Å². The molecule has 126 valence electrons. The number of rotatable bonds is 3. The number of hydrogen-bond acceptors (Lipinski definition) is 2. The molecule has 0 fully saturated rings. The average Bonchev–Trinajstić information content (AvgIpc) is 2.49. The van der Waals surface area contributed by atoms with Gasteiger partial charge in [-0.1, -0.05) is 56.1 Å². The molecule has 4 nitrogen and oxygen atoms in total. The van der Waals surface area contributed by atoms with Gasteiger partial charge >= 0.3 is 0 Å². The molecule has 6 heteroatoms. The molecule has 0 atom stereocenters. The molecule has 24 heavy (non-hydrogen) atoms. The van der Waals surface area contributed by atoms with Crippen molar-refractivity contribution in [1.82, 2.24) is 0 Å². The summed E-state index contributed by atoms with van der Waals surface area (Å²) in [6.45, 7) is 5.41. The first-order valence-corrected chi connectivity index (χ1v) is 8.11. The van der Waals surface area contributed by atoms with Gasteiger partial charge in [0.1, 0.15) is 0 Å². The first-order valence-electron chi connectivity index (χ1n) is 7.35. The van der Waals surface area contributed by atoms with Crippen molar-refractivity contribution in [2.75, 3.05) is 10.6 Å². The predicted molar refractivity (Wildman–Crippen MR) is 98.9 cm³/mol. The molecule has 0 aliphatic heterocycles. The van der Waals surface area contributed by atoms with Gasteiger partial charge in [0.05, 0.1) is 22.0 Å². The van der Waals surface area contributed by atoms with E-state index < -0.39 is 5.41 Å². The standard InChI is InChI=1S/C18H18Cl2N2O2/c1-18(2,3)17(24)22-14-7-5-4-6-12(14)16(23)21-15-9-8-11(19)10-13(15)20/h4-10H,1-3H3,(H,21,23)(H,22,24). The van der Waals surface area contributed by atoms with Crippen molar-refractivity contribution in [2.24, 2.45) is 5.41 Å². The quantitative estimate of drug-likeness (QED) is 0.782. The second kappa shape index (κ2) is 7.24. The summed E-state index contributed by atoms with van der Waals surface area (Å²) in [5.41, 5.74) is 0.674. The van der Waals surface area contributed by atoms with E-state index in [4.69, 9.17) is 23.2 Å². The summed E-state index contributed by atoms with van der Waals surface area (Å²) in [7, 11) is 0. The topological polar surface area (TPSA) is 58.2 Å². The van der Waals surface area contributed by atoms with Crippen LogP contribution in [0.3, 0.4) is 0 Å². The zero-order chi connectivity index (χ0) is 17.9. The molecule has 0 aromatic heterocycles. The molecule has 0 aliphatic rings. The van der Waals surface area contributed by atoms with Gasteiger partial charge in [-0.15, -0.1) is 0 Å². The maximum Gasteiger partial charge on any atom is 0.257 e. The van der Waals surface area contributed by atoms with Crippen molar-refractivity contribution in [1.29, 1.82) is 0 Å². The average molecular weight is 365 g/mol. The van der Waals surface area contributed by atoms with Crippen LogP contribution in [-0.4, -0.2) is 11.8 Å². The van der Waals surface area contributed by atoms with Crippen molar-refractivity contribution in [3.8, 4) is 0 Å². The van der Waals surface area contributed by atoms with Crippen molar-refractivity contribution < 1.29 is 9.59 Å². The molecule has 2 rings (SSSR count). The maximum atomic E-state index is 12.5. The van der Waals surface area contributed by atoms with E-state index in [1.807, 2.05) is 0 Å². The van der Waals surface area contributed by atoms with Gasteiger partial charge in [0.2, 0.25) is 5.91 Å². The van der Waals surface area contributed by atoms with Crippen LogP contribution in [0.2, 0.25) is 10.0 Å². The van der Waals surface area contributed by atoms with Gasteiger partial charge in [-0.2, -0.15) is 0 Å². The van der Waals surface area contributed by atoms with Gasteiger partial charge in [-0.25, -0.2) is 0 Å². The lowest BCUT2D eigenvalue weighted by Gasteiger charge is -2.19. The van der Waals surface area contributed by atoms with E-state index >= 15 is 0 Å². The molecule has 2 aromatic rings. The number of amides is 2. The summed E-state index contributed by atoms with van der Waals surface area (Å²) >= 11 is 11.9. The molecular weight excluding hydrogens is 347 g/mol.